The molecule has 0 radical (unpaired) electrons. The average molecular weight is 232 g/mol. The fourth-order valence-electron chi connectivity index (χ4n) is 3.12. The predicted octanol–water partition coefficient (Wildman–Crippen LogP) is 2.42. The number of nitrogens with zero attached hydrogens (tertiary/aromatic N) is 1. The van der Waals surface area contributed by atoms with Gasteiger partial charge in [-0.05, 0) is 31.0 Å². The van der Waals surface area contributed by atoms with Crippen LogP contribution < -0.4 is 10.6 Å². The van der Waals surface area contributed by atoms with Gasteiger partial charge >= 0.3 is 0 Å². The van der Waals surface area contributed by atoms with Crippen LogP contribution in [0.1, 0.15) is 25.7 Å². The normalized spacial score (nSPS) is 28.8. The van der Waals surface area contributed by atoms with Gasteiger partial charge in [-0.15, -0.1) is 0 Å². The summed E-state index contributed by atoms with van der Waals surface area (Å²) in [7, 11) is 0. The Morgan fingerprint density at radius 3 is 3.00 bits per heavy atom. The molecule has 1 aliphatic carbocycles. The molecule has 2 aliphatic rings. The van der Waals surface area contributed by atoms with Gasteiger partial charge < -0.3 is 15.4 Å². The second-order valence-electron chi connectivity index (χ2n) is 5.05. The van der Waals surface area contributed by atoms with Gasteiger partial charge in [0.15, 0.2) is 0 Å². The maximum absolute atomic E-state index is 5.89. The van der Waals surface area contributed by atoms with Crippen LogP contribution in [0.25, 0.3) is 0 Å². The van der Waals surface area contributed by atoms with Crippen LogP contribution in [0.3, 0.4) is 0 Å². The summed E-state index contributed by atoms with van der Waals surface area (Å²) in [4.78, 5) is 2.49. The van der Waals surface area contributed by atoms with E-state index in [9.17, 15) is 0 Å². The topological polar surface area (TPSA) is 38.5 Å². The summed E-state index contributed by atoms with van der Waals surface area (Å²) in [6.45, 7) is 1.83. The second-order valence-corrected chi connectivity index (χ2v) is 5.05. The summed E-state index contributed by atoms with van der Waals surface area (Å²) in [5.74, 6) is 0. The zero-order chi connectivity index (χ0) is 11.7. The number of hydrogen-bond acceptors (Lipinski definition) is 3. The van der Waals surface area contributed by atoms with Gasteiger partial charge in [0.05, 0.1) is 18.8 Å². The van der Waals surface area contributed by atoms with Crippen LogP contribution in [-0.2, 0) is 4.74 Å². The molecule has 2 atom stereocenters. The Kier molecular flexibility index (Phi) is 2.93. The van der Waals surface area contributed by atoms with Crippen LogP contribution in [0, 0.1) is 0 Å². The van der Waals surface area contributed by atoms with Crippen molar-refractivity contribution in [3.8, 4) is 0 Å². The van der Waals surface area contributed by atoms with E-state index in [2.05, 4.69) is 17.0 Å². The number of anilines is 2. The second kappa shape index (κ2) is 4.57. The minimum Gasteiger partial charge on any atom is -0.399 e. The Morgan fingerprint density at radius 2 is 2.12 bits per heavy atom. The highest BCUT2D eigenvalue weighted by Crippen LogP contribution is 2.32. The number of nitrogen functional groups attached to an aromatic ring is 1. The standard InChI is InChI=1S/C14H20N2O/c15-11-4-3-5-12(10-11)16-8-9-17-14-7-2-1-6-13(14)16/h3-5,10,13-14H,1-2,6-9,15H2. The van der Waals surface area contributed by atoms with Crippen molar-refractivity contribution in [3.05, 3.63) is 24.3 Å². The Morgan fingerprint density at radius 1 is 1.24 bits per heavy atom. The summed E-state index contributed by atoms with van der Waals surface area (Å²) >= 11 is 0. The predicted molar refractivity (Wildman–Crippen MR) is 70.2 cm³/mol. The fourth-order valence-corrected chi connectivity index (χ4v) is 3.12. The molecule has 0 bridgehead atoms. The van der Waals surface area contributed by atoms with Crippen molar-refractivity contribution in [2.75, 3.05) is 23.8 Å². The lowest BCUT2D eigenvalue weighted by molar-refractivity contribution is -0.00867. The van der Waals surface area contributed by atoms with Crippen molar-refractivity contribution < 1.29 is 4.74 Å². The van der Waals surface area contributed by atoms with E-state index in [1.807, 2.05) is 12.1 Å². The average Bonchev–Trinajstić information content (AvgIpc) is 2.38. The lowest BCUT2D eigenvalue weighted by Crippen LogP contribution is -2.52. The highest BCUT2D eigenvalue weighted by molar-refractivity contribution is 5.57. The van der Waals surface area contributed by atoms with Gasteiger partial charge in [0, 0.05) is 17.9 Å². The Balaban J connectivity index is 1.85. The molecule has 1 saturated heterocycles. The quantitative estimate of drug-likeness (QED) is 0.756. The summed E-state index contributed by atoms with van der Waals surface area (Å²) in [6, 6.07) is 8.78. The summed E-state index contributed by atoms with van der Waals surface area (Å²) in [5, 5.41) is 0. The lowest BCUT2D eigenvalue weighted by Gasteiger charge is -2.45. The molecule has 1 aromatic rings. The van der Waals surface area contributed by atoms with Crippen molar-refractivity contribution in [2.24, 2.45) is 0 Å². The van der Waals surface area contributed by atoms with Crippen molar-refractivity contribution in [1.29, 1.82) is 0 Å². The molecule has 1 saturated carbocycles. The molecule has 2 fully saturated rings. The Bertz CT molecular complexity index is 392. The molecule has 2 unspecified atom stereocenters. The molecule has 3 heteroatoms. The molecule has 1 aromatic carbocycles. The van der Waals surface area contributed by atoms with Gasteiger partial charge in [-0.3, -0.25) is 0 Å². The summed E-state index contributed by atoms with van der Waals surface area (Å²) < 4.78 is 5.89. The molecular formula is C14H20N2O. The van der Waals surface area contributed by atoms with Crippen LogP contribution >= 0.6 is 0 Å². The van der Waals surface area contributed by atoms with E-state index in [1.54, 1.807) is 0 Å². The first-order valence-electron chi connectivity index (χ1n) is 6.58. The number of morpholine rings is 1. The van der Waals surface area contributed by atoms with Gasteiger partial charge in [0.1, 0.15) is 0 Å². The number of nitrogens with two attached hydrogens (primary N) is 1. The first kappa shape index (κ1) is 10.9. The van der Waals surface area contributed by atoms with Crippen molar-refractivity contribution in [2.45, 2.75) is 37.8 Å². The zero-order valence-corrected chi connectivity index (χ0v) is 10.1. The van der Waals surface area contributed by atoms with E-state index >= 15 is 0 Å². The Labute approximate surface area is 103 Å². The van der Waals surface area contributed by atoms with Crippen LogP contribution in [0.15, 0.2) is 24.3 Å². The van der Waals surface area contributed by atoms with E-state index in [0.717, 1.165) is 18.8 Å². The van der Waals surface area contributed by atoms with Gasteiger partial charge in [-0.1, -0.05) is 18.9 Å². The minimum atomic E-state index is 0.430. The third-order valence-corrected chi connectivity index (χ3v) is 3.93. The lowest BCUT2D eigenvalue weighted by atomic mass is 9.90. The molecule has 92 valence electrons. The van der Waals surface area contributed by atoms with Gasteiger partial charge in [0.2, 0.25) is 0 Å². The molecule has 0 amide bonds. The van der Waals surface area contributed by atoms with E-state index < -0.39 is 0 Å². The van der Waals surface area contributed by atoms with Crippen molar-refractivity contribution in [1.82, 2.24) is 0 Å². The highest BCUT2D eigenvalue weighted by Gasteiger charge is 2.34. The van der Waals surface area contributed by atoms with E-state index in [-0.39, 0.29) is 0 Å². The SMILES string of the molecule is Nc1cccc(N2CCOC3CCCCC32)c1. The van der Waals surface area contributed by atoms with Crippen molar-refractivity contribution >= 4 is 11.4 Å². The number of benzene rings is 1. The molecule has 17 heavy (non-hydrogen) atoms. The number of rotatable bonds is 1. The van der Waals surface area contributed by atoms with Crippen LogP contribution in [0.2, 0.25) is 0 Å². The van der Waals surface area contributed by atoms with Gasteiger partial charge in [0.25, 0.3) is 0 Å². The molecule has 2 N–H and O–H groups in total. The monoisotopic (exact) mass is 232 g/mol. The number of ether oxygens (including phenoxy) is 1. The Hall–Kier alpha value is -1.22. The third-order valence-electron chi connectivity index (χ3n) is 3.93. The fraction of sp³-hybridized carbons (Fsp3) is 0.571. The molecular weight excluding hydrogens is 212 g/mol. The van der Waals surface area contributed by atoms with Gasteiger partial charge in [-0.2, -0.15) is 0 Å². The maximum Gasteiger partial charge on any atom is 0.0779 e. The first-order valence-corrected chi connectivity index (χ1v) is 6.58. The first-order chi connectivity index (χ1) is 8.34. The number of hydrogen-bond donors (Lipinski definition) is 1. The van der Waals surface area contributed by atoms with E-state index in [1.165, 1.54) is 31.4 Å². The van der Waals surface area contributed by atoms with Crippen molar-refractivity contribution in [3.63, 3.8) is 0 Å². The van der Waals surface area contributed by atoms with Crippen LogP contribution in [0.4, 0.5) is 11.4 Å². The molecule has 1 aliphatic heterocycles. The number of fused-ring (bicyclic) bond motifs is 1. The maximum atomic E-state index is 5.89. The highest BCUT2D eigenvalue weighted by atomic mass is 16.5. The van der Waals surface area contributed by atoms with Crippen LogP contribution in [-0.4, -0.2) is 25.3 Å². The molecule has 0 aromatic heterocycles. The third kappa shape index (κ3) is 2.12. The zero-order valence-electron chi connectivity index (χ0n) is 10.1. The molecule has 1 heterocycles. The minimum absolute atomic E-state index is 0.430. The summed E-state index contributed by atoms with van der Waals surface area (Å²) in [5.41, 5.74) is 7.98. The summed E-state index contributed by atoms with van der Waals surface area (Å²) in [6.07, 6.45) is 5.53. The van der Waals surface area contributed by atoms with Gasteiger partial charge in [-0.25, -0.2) is 0 Å². The molecule has 0 spiro atoms. The molecule has 3 nitrogen and oxygen atoms in total. The van der Waals surface area contributed by atoms with Crippen LogP contribution in [0.5, 0.6) is 0 Å². The largest absolute Gasteiger partial charge is 0.399 e. The van der Waals surface area contributed by atoms with E-state index in [4.69, 9.17) is 10.5 Å². The molecule has 3 rings (SSSR count). The van der Waals surface area contributed by atoms with E-state index in [0.29, 0.717) is 12.1 Å². The smallest absolute Gasteiger partial charge is 0.0779 e.